The van der Waals surface area contributed by atoms with Gasteiger partial charge in [-0.15, -0.1) is 0 Å². The van der Waals surface area contributed by atoms with Crippen LogP contribution in [0.1, 0.15) is 5.56 Å². The quantitative estimate of drug-likeness (QED) is 0.446. The van der Waals surface area contributed by atoms with Crippen molar-refractivity contribution >= 4 is 39.9 Å². The number of fused-ring (bicyclic) bond motifs is 1. The molecule has 3 rings (SSSR count). The van der Waals surface area contributed by atoms with Gasteiger partial charge in [0.15, 0.2) is 0 Å². The van der Waals surface area contributed by atoms with Crippen LogP contribution >= 0.6 is 23.2 Å². The topological polar surface area (TPSA) is 50.4 Å². The Bertz CT molecular complexity index is 827. The highest BCUT2D eigenvalue weighted by atomic mass is 35.5. The van der Waals surface area contributed by atoms with Crippen molar-refractivity contribution in [2.45, 2.75) is 6.54 Å². The number of nitrogens with zero attached hydrogens (tertiary/aromatic N) is 3. The first kappa shape index (κ1) is 13.9. The Morgan fingerprint density at radius 3 is 2.76 bits per heavy atom. The zero-order valence-corrected chi connectivity index (χ0v) is 12.4. The molecule has 0 aliphatic carbocycles. The second-order valence-corrected chi connectivity index (χ2v) is 5.38. The highest BCUT2D eigenvalue weighted by Crippen LogP contribution is 2.23. The van der Waals surface area contributed by atoms with E-state index in [1.54, 1.807) is 24.5 Å². The van der Waals surface area contributed by atoms with Crippen LogP contribution in [0.5, 0.6) is 0 Å². The first-order valence-corrected chi connectivity index (χ1v) is 7.01. The molecule has 2 aromatic carbocycles. The van der Waals surface area contributed by atoms with Gasteiger partial charge < -0.3 is 9.77 Å². The van der Waals surface area contributed by atoms with E-state index in [9.17, 15) is 5.21 Å². The number of aromatic nitrogens is 2. The summed E-state index contributed by atoms with van der Waals surface area (Å²) >= 11 is 12.0. The molecule has 21 heavy (non-hydrogen) atoms. The average Bonchev–Trinajstić information content (AvgIpc) is 2.89. The van der Waals surface area contributed by atoms with Gasteiger partial charge >= 0.3 is 0 Å². The average molecular weight is 320 g/mol. The number of halogens is 2. The van der Waals surface area contributed by atoms with Gasteiger partial charge in [-0.05, 0) is 30.3 Å². The number of imidazole rings is 1. The maximum absolute atomic E-state index is 9.31. The number of benzene rings is 2. The summed E-state index contributed by atoms with van der Waals surface area (Å²) in [5, 5.41) is 13.7. The highest BCUT2D eigenvalue weighted by Gasteiger charge is 2.12. The molecule has 4 nitrogen and oxygen atoms in total. The molecule has 0 unspecified atom stereocenters. The summed E-state index contributed by atoms with van der Waals surface area (Å²) in [6, 6.07) is 12.8. The Hall–Kier alpha value is -2.04. The lowest BCUT2D eigenvalue weighted by atomic mass is 10.1. The van der Waals surface area contributed by atoms with Crippen molar-refractivity contribution in [1.82, 2.24) is 9.55 Å². The summed E-state index contributed by atoms with van der Waals surface area (Å²) in [5.41, 5.74) is 2.93. The molecule has 0 fully saturated rings. The van der Waals surface area contributed by atoms with Crippen LogP contribution in [0.15, 0.2) is 53.9 Å². The van der Waals surface area contributed by atoms with Crippen molar-refractivity contribution in [2.75, 3.05) is 0 Å². The van der Waals surface area contributed by atoms with Gasteiger partial charge in [0.25, 0.3) is 0 Å². The van der Waals surface area contributed by atoms with Gasteiger partial charge in [-0.25, -0.2) is 4.98 Å². The fourth-order valence-corrected chi connectivity index (χ4v) is 2.71. The first-order valence-electron chi connectivity index (χ1n) is 6.25. The van der Waals surface area contributed by atoms with Crippen molar-refractivity contribution in [3.63, 3.8) is 0 Å². The van der Waals surface area contributed by atoms with Crippen LogP contribution in [0.4, 0.5) is 0 Å². The van der Waals surface area contributed by atoms with E-state index in [-0.39, 0.29) is 0 Å². The molecular formula is C15H11Cl2N3O. The minimum atomic E-state index is 0.359. The van der Waals surface area contributed by atoms with E-state index in [2.05, 4.69) is 10.1 Å². The van der Waals surface area contributed by atoms with E-state index in [0.717, 1.165) is 11.0 Å². The number of para-hydroxylation sites is 2. The van der Waals surface area contributed by atoms with Crippen LogP contribution in [0.2, 0.25) is 10.0 Å². The molecule has 0 saturated carbocycles. The molecular weight excluding hydrogens is 309 g/mol. The monoisotopic (exact) mass is 319 g/mol. The summed E-state index contributed by atoms with van der Waals surface area (Å²) in [7, 11) is 0. The Morgan fingerprint density at radius 1 is 1.19 bits per heavy atom. The Labute approximate surface area is 131 Å². The summed E-state index contributed by atoms with van der Waals surface area (Å²) < 4.78 is 1.90. The van der Waals surface area contributed by atoms with Gasteiger partial charge in [-0.3, -0.25) is 0 Å². The second kappa shape index (κ2) is 5.76. The van der Waals surface area contributed by atoms with Crippen LogP contribution < -0.4 is 0 Å². The summed E-state index contributed by atoms with van der Waals surface area (Å²) in [5.74, 6) is 0. The lowest BCUT2D eigenvalue weighted by Crippen LogP contribution is -2.11. The van der Waals surface area contributed by atoms with Crippen LogP contribution in [-0.4, -0.2) is 20.5 Å². The van der Waals surface area contributed by atoms with Crippen LogP contribution in [0.25, 0.3) is 11.0 Å². The minimum absolute atomic E-state index is 0.359. The second-order valence-electron chi connectivity index (χ2n) is 4.53. The molecule has 3 aromatic rings. The van der Waals surface area contributed by atoms with Crippen LogP contribution in [0.3, 0.4) is 0 Å². The molecule has 1 heterocycles. The molecule has 1 aromatic heterocycles. The molecule has 0 aliphatic rings. The van der Waals surface area contributed by atoms with E-state index in [4.69, 9.17) is 23.2 Å². The lowest BCUT2D eigenvalue weighted by molar-refractivity contribution is 0.317. The lowest BCUT2D eigenvalue weighted by Gasteiger charge is -2.09. The molecule has 0 radical (unpaired) electrons. The largest absolute Gasteiger partial charge is 0.411 e. The van der Waals surface area contributed by atoms with Gasteiger partial charge in [0.05, 0.1) is 28.9 Å². The van der Waals surface area contributed by atoms with E-state index < -0.39 is 0 Å². The predicted octanol–water partition coefficient (Wildman–Crippen LogP) is 4.22. The third-order valence-corrected chi connectivity index (χ3v) is 3.76. The predicted molar refractivity (Wildman–Crippen MR) is 84.5 cm³/mol. The first-order chi connectivity index (χ1) is 10.2. The zero-order valence-electron chi connectivity index (χ0n) is 10.9. The van der Waals surface area contributed by atoms with Crippen LogP contribution in [-0.2, 0) is 6.54 Å². The molecule has 0 amide bonds. The maximum Gasteiger partial charge on any atom is 0.108 e. The summed E-state index contributed by atoms with van der Waals surface area (Å²) in [4.78, 5) is 4.31. The normalized spacial score (nSPS) is 12.0. The number of oxime groups is 1. The van der Waals surface area contributed by atoms with Crippen molar-refractivity contribution in [3.05, 3.63) is 64.4 Å². The SMILES string of the molecule is ON=C(Cn1cnc2ccccc21)c1ccc(Cl)cc1Cl. The molecule has 0 atom stereocenters. The van der Waals surface area contributed by atoms with E-state index in [1.165, 1.54) is 0 Å². The number of rotatable bonds is 3. The molecule has 0 aliphatic heterocycles. The smallest absolute Gasteiger partial charge is 0.108 e. The fraction of sp³-hybridized carbons (Fsp3) is 0.0667. The van der Waals surface area contributed by atoms with Gasteiger partial charge in [-0.2, -0.15) is 0 Å². The Balaban J connectivity index is 1.98. The number of hydrogen-bond donors (Lipinski definition) is 1. The minimum Gasteiger partial charge on any atom is -0.411 e. The summed E-state index contributed by atoms with van der Waals surface area (Å²) in [6.45, 7) is 0.359. The number of hydrogen-bond acceptors (Lipinski definition) is 3. The Kier molecular flexibility index (Phi) is 3.82. The summed E-state index contributed by atoms with van der Waals surface area (Å²) in [6.07, 6.45) is 1.71. The molecule has 0 spiro atoms. The van der Waals surface area contributed by atoms with Gasteiger partial charge in [0.2, 0.25) is 0 Å². The van der Waals surface area contributed by atoms with Crippen molar-refractivity contribution in [1.29, 1.82) is 0 Å². The van der Waals surface area contributed by atoms with Crippen molar-refractivity contribution < 1.29 is 5.21 Å². The van der Waals surface area contributed by atoms with E-state index in [0.29, 0.717) is 27.9 Å². The third-order valence-electron chi connectivity index (χ3n) is 3.21. The van der Waals surface area contributed by atoms with Gasteiger partial charge in [-0.1, -0.05) is 40.5 Å². The maximum atomic E-state index is 9.31. The van der Waals surface area contributed by atoms with Gasteiger partial charge in [0, 0.05) is 10.6 Å². The molecule has 6 heteroatoms. The molecule has 1 N–H and O–H groups in total. The molecule has 0 bridgehead atoms. The Morgan fingerprint density at radius 2 is 2.00 bits per heavy atom. The molecule has 106 valence electrons. The van der Waals surface area contributed by atoms with E-state index in [1.807, 2.05) is 28.8 Å². The van der Waals surface area contributed by atoms with Crippen LogP contribution in [0, 0.1) is 0 Å². The van der Waals surface area contributed by atoms with Gasteiger partial charge in [0.1, 0.15) is 5.71 Å². The van der Waals surface area contributed by atoms with E-state index >= 15 is 0 Å². The zero-order chi connectivity index (χ0) is 14.8. The third kappa shape index (κ3) is 2.73. The molecule has 0 saturated heterocycles. The highest BCUT2D eigenvalue weighted by molar-refractivity contribution is 6.37. The van der Waals surface area contributed by atoms with Crippen molar-refractivity contribution in [2.24, 2.45) is 5.16 Å². The fourth-order valence-electron chi connectivity index (χ4n) is 2.19. The standard InChI is InChI=1S/C15H11Cl2N3O/c16-10-5-6-11(12(17)7-10)14(19-21)8-20-9-18-13-3-1-2-4-15(13)20/h1-7,9,21H,8H2. The van der Waals surface area contributed by atoms with Crippen molar-refractivity contribution in [3.8, 4) is 0 Å².